The van der Waals surface area contributed by atoms with Crippen molar-refractivity contribution >= 4 is 40.7 Å². The zero-order valence-electron chi connectivity index (χ0n) is 10.7. The van der Waals surface area contributed by atoms with Crippen LogP contribution in [-0.4, -0.2) is 35.8 Å². The van der Waals surface area contributed by atoms with E-state index in [4.69, 9.17) is 28.9 Å². The number of carbonyl (C=O) groups excluding carboxylic acids is 2. The van der Waals surface area contributed by atoms with Gasteiger partial charge >= 0.3 is 0 Å². The summed E-state index contributed by atoms with van der Waals surface area (Å²) in [5.41, 5.74) is 5.81. The fourth-order valence-electron chi connectivity index (χ4n) is 2.30. The Labute approximate surface area is 127 Å². The first kappa shape index (κ1) is 15.1. The molecule has 3 N–H and O–H groups in total. The molecule has 108 valence electrons. The largest absolute Gasteiger partial charge is 0.368 e. The fraction of sp³-hybridized carbons (Fsp3) is 0.385. The molecule has 1 saturated heterocycles. The Morgan fingerprint density at radius 3 is 2.80 bits per heavy atom. The second-order valence-corrected chi connectivity index (χ2v) is 5.55. The number of nitrogens with one attached hydrogen (secondary N) is 1. The standard InChI is InChI=1S/C13H15Cl2N3O2/c14-8-3-4-10(9(15)6-8)17-12(19)7-18-5-1-2-11(18)13(16)20/h3-4,6,11H,1-2,5,7H2,(H2,16,20)(H,17,19). The van der Waals surface area contributed by atoms with Crippen molar-refractivity contribution in [2.45, 2.75) is 18.9 Å². The second kappa shape index (κ2) is 6.43. The summed E-state index contributed by atoms with van der Waals surface area (Å²) in [5, 5.41) is 3.58. The molecule has 2 rings (SSSR count). The van der Waals surface area contributed by atoms with Crippen LogP contribution in [-0.2, 0) is 9.59 Å². The van der Waals surface area contributed by atoms with Crippen molar-refractivity contribution < 1.29 is 9.59 Å². The number of halogens is 2. The minimum atomic E-state index is -0.389. The summed E-state index contributed by atoms with van der Waals surface area (Å²) in [5.74, 6) is -0.623. The number of primary amides is 1. The maximum Gasteiger partial charge on any atom is 0.238 e. The number of nitrogens with zero attached hydrogens (tertiary/aromatic N) is 1. The van der Waals surface area contributed by atoms with Gasteiger partial charge < -0.3 is 11.1 Å². The lowest BCUT2D eigenvalue weighted by Crippen LogP contribution is -2.43. The highest BCUT2D eigenvalue weighted by Crippen LogP contribution is 2.25. The molecule has 1 unspecified atom stereocenters. The molecule has 1 heterocycles. The van der Waals surface area contributed by atoms with Crippen molar-refractivity contribution in [2.24, 2.45) is 5.73 Å². The molecule has 5 nitrogen and oxygen atoms in total. The molecule has 0 aromatic heterocycles. The third kappa shape index (κ3) is 3.62. The molecule has 20 heavy (non-hydrogen) atoms. The molecule has 1 aliphatic rings. The Morgan fingerprint density at radius 1 is 1.40 bits per heavy atom. The SMILES string of the molecule is NC(=O)C1CCCN1CC(=O)Nc1ccc(Cl)cc1Cl. The van der Waals surface area contributed by atoms with Gasteiger partial charge in [0.15, 0.2) is 0 Å². The first-order valence-electron chi connectivity index (χ1n) is 6.25. The molecule has 0 radical (unpaired) electrons. The number of likely N-dealkylation sites (tertiary alicyclic amines) is 1. The summed E-state index contributed by atoms with van der Waals surface area (Å²) in [6, 6.07) is 4.48. The topological polar surface area (TPSA) is 75.4 Å². The van der Waals surface area contributed by atoms with E-state index in [-0.39, 0.29) is 24.4 Å². The van der Waals surface area contributed by atoms with Crippen LogP contribution < -0.4 is 11.1 Å². The molecule has 0 bridgehead atoms. The number of hydrogen-bond donors (Lipinski definition) is 2. The van der Waals surface area contributed by atoms with Crippen LogP contribution in [0.4, 0.5) is 5.69 Å². The molecule has 1 atom stereocenters. The summed E-state index contributed by atoms with van der Waals surface area (Å²) in [4.78, 5) is 25.0. The van der Waals surface area contributed by atoms with Crippen LogP contribution in [0.3, 0.4) is 0 Å². The Bertz CT molecular complexity index is 536. The first-order chi connectivity index (χ1) is 9.47. The normalized spacial score (nSPS) is 19.0. The van der Waals surface area contributed by atoms with E-state index < -0.39 is 0 Å². The highest BCUT2D eigenvalue weighted by Gasteiger charge is 2.30. The number of nitrogens with two attached hydrogens (primary N) is 1. The van der Waals surface area contributed by atoms with Crippen LogP contribution in [0.15, 0.2) is 18.2 Å². The van der Waals surface area contributed by atoms with Gasteiger partial charge in [-0.15, -0.1) is 0 Å². The van der Waals surface area contributed by atoms with Gasteiger partial charge in [-0.2, -0.15) is 0 Å². The van der Waals surface area contributed by atoms with Crippen LogP contribution >= 0.6 is 23.2 Å². The second-order valence-electron chi connectivity index (χ2n) is 4.70. The third-order valence-corrected chi connectivity index (χ3v) is 3.79. The van der Waals surface area contributed by atoms with Crippen LogP contribution in [0.2, 0.25) is 10.0 Å². The number of rotatable bonds is 4. The molecule has 1 aromatic rings. The van der Waals surface area contributed by atoms with E-state index >= 15 is 0 Å². The molecule has 2 amide bonds. The average molecular weight is 316 g/mol. The van der Waals surface area contributed by atoms with E-state index in [2.05, 4.69) is 5.32 Å². The van der Waals surface area contributed by atoms with Gasteiger partial charge in [0.2, 0.25) is 11.8 Å². The molecule has 0 saturated carbocycles. The monoisotopic (exact) mass is 315 g/mol. The van der Waals surface area contributed by atoms with Gasteiger partial charge in [0.05, 0.1) is 23.3 Å². The van der Waals surface area contributed by atoms with E-state index in [1.807, 2.05) is 0 Å². The van der Waals surface area contributed by atoms with Crippen LogP contribution in [0.5, 0.6) is 0 Å². The molecule has 1 aromatic carbocycles. The van der Waals surface area contributed by atoms with E-state index in [0.717, 1.165) is 6.42 Å². The number of hydrogen-bond acceptors (Lipinski definition) is 3. The van der Waals surface area contributed by atoms with Crippen molar-refractivity contribution in [3.8, 4) is 0 Å². The van der Waals surface area contributed by atoms with Crippen LogP contribution in [0.25, 0.3) is 0 Å². The van der Waals surface area contributed by atoms with Crippen molar-refractivity contribution in [2.75, 3.05) is 18.4 Å². The Balaban J connectivity index is 1.97. The van der Waals surface area contributed by atoms with Crippen molar-refractivity contribution in [1.82, 2.24) is 4.90 Å². The van der Waals surface area contributed by atoms with Gasteiger partial charge in [0, 0.05) is 5.02 Å². The van der Waals surface area contributed by atoms with Gasteiger partial charge in [-0.1, -0.05) is 23.2 Å². The maximum absolute atomic E-state index is 12.0. The lowest BCUT2D eigenvalue weighted by molar-refractivity contribution is -0.123. The zero-order chi connectivity index (χ0) is 14.7. The minimum Gasteiger partial charge on any atom is -0.368 e. The summed E-state index contributed by atoms with van der Waals surface area (Å²) in [6.45, 7) is 0.807. The minimum absolute atomic E-state index is 0.118. The Morgan fingerprint density at radius 2 is 2.15 bits per heavy atom. The smallest absolute Gasteiger partial charge is 0.238 e. The summed E-state index contributed by atoms with van der Waals surface area (Å²) < 4.78 is 0. The van der Waals surface area contributed by atoms with Gasteiger partial charge in [-0.3, -0.25) is 14.5 Å². The number of anilines is 1. The van der Waals surface area contributed by atoms with E-state index in [1.54, 1.807) is 23.1 Å². The highest BCUT2D eigenvalue weighted by molar-refractivity contribution is 6.36. The molecule has 0 aliphatic carbocycles. The molecule has 1 aliphatic heterocycles. The van der Waals surface area contributed by atoms with E-state index in [0.29, 0.717) is 28.7 Å². The van der Waals surface area contributed by atoms with Crippen molar-refractivity contribution in [1.29, 1.82) is 0 Å². The van der Waals surface area contributed by atoms with E-state index in [9.17, 15) is 9.59 Å². The quantitative estimate of drug-likeness (QED) is 0.890. The third-order valence-electron chi connectivity index (χ3n) is 3.24. The number of amides is 2. The van der Waals surface area contributed by atoms with Gasteiger partial charge in [-0.05, 0) is 37.6 Å². The maximum atomic E-state index is 12.0. The molecule has 7 heteroatoms. The number of carbonyl (C=O) groups is 2. The lowest BCUT2D eigenvalue weighted by atomic mass is 10.2. The van der Waals surface area contributed by atoms with Crippen LogP contribution in [0, 0.1) is 0 Å². The summed E-state index contributed by atoms with van der Waals surface area (Å²) >= 11 is 11.8. The lowest BCUT2D eigenvalue weighted by Gasteiger charge is -2.21. The highest BCUT2D eigenvalue weighted by atomic mass is 35.5. The predicted molar refractivity (Wildman–Crippen MR) is 78.9 cm³/mol. The summed E-state index contributed by atoms with van der Waals surface area (Å²) in [7, 11) is 0. The van der Waals surface area contributed by atoms with Gasteiger partial charge in [-0.25, -0.2) is 0 Å². The first-order valence-corrected chi connectivity index (χ1v) is 7.01. The zero-order valence-corrected chi connectivity index (χ0v) is 12.2. The molecular weight excluding hydrogens is 301 g/mol. The van der Waals surface area contributed by atoms with Crippen LogP contribution in [0.1, 0.15) is 12.8 Å². The Kier molecular flexibility index (Phi) is 4.86. The van der Waals surface area contributed by atoms with Crippen molar-refractivity contribution in [3.63, 3.8) is 0 Å². The average Bonchev–Trinajstić information content (AvgIpc) is 2.81. The fourth-order valence-corrected chi connectivity index (χ4v) is 2.76. The van der Waals surface area contributed by atoms with Gasteiger partial charge in [0.25, 0.3) is 0 Å². The van der Waals surface area contributed by atoms with E-state index in [1.165, 1.54) is 0 Å². The predicted octanol–water partition coefficient (Wildman–Crippen LogP) is 1.88. The van der Waals surface area contributed by atoms with Crippen molar-refractivity contribution in [3.05, 3.63) is 28.2 Å². The van der Waals surface area contributed by atoms with Gasteiger partial charge in [0.1, 0.15) is 0 Å². The molecule has 0 spiro atoms. The number of benzene rings is 1. The summed E-state index contributed by atoms with van der Waals surface area (Å²) in [6.07, 6.45) is 1.56. The Hall–Kier alpha value is -1.30. The molecule has 1 fully saturated rings. The molecular formula is C13H15Cl2N3O2.